The van der Waals surface area contributed by atoms with Crippen molar-refractivity contribution in [2.45, 2.75) is 24.7 Å². The average Bonchev–Trinajstić information content (AvgIpc) is 2.68. The Balaban J connectivity index is 1.86. The van der Waals surface area contributed by atoms with Crippen LogP contribution in [0.4, 0.5) is 5.69 Å². The predicted octanol–water partition coefficient (Wildman–Crippen LogP) is 3.08. The number of nitrogens with zero attached hydrogens (tertiary/aromatic N) is 1. The molecule has 6 nitrogen and oxygen atoms in total. The molecule has 1 aliphatic rings. The molecule has 0 aromatic heterocycles. The Kier molecular flexibility index (Phi) is 5.82. The number of rotatable bonds is 5. The molecule has 1 amide bonds. The van der Waals surface area contributed by atoms with Crippen molar-refractivity contribution in [2.75, 3.05) is 31.0 Å². The molecule has 0 unspecified atom stereocenters. The molecule has 7 heteroatoms. The number of sulfonamides is 1. The van der Waals surface area contributed by atoms with E-state index >= 15 is 0 Å². The van der Waals surface area contributed by atoms with Crippen LogP contribution in [0.1, 0.15) is 35.7 Å². The fraction of sp³-hybridized carbons (Fsp3) is 0.350. The van der Waals surface area contributed by atoms with Crippen LogP contribution in [0.5, 0.6) is 0 Å². The zero-order valence-electron chi connectivity index (χ0n) is 15.5. The van der Waals surface area contributed by atoms with E-state index in [0.717, 1.165) is 5.56 Å². The second-order valence-corrected chi connectivity index (χ2v) is 8.46. The topological polar surface area (TPSA) is 75.7 Å². The maximum atomic E-state index is 12.9. The molecular formula is C20H24N2O4S. The Hall–Kier alpha value is -2.38. The predicted molar refractivity (Wildman–Crippen MR) is 105 cm³/mol. The van der Waals surface area contributed by atoms with Crippen LogP contribution in [0.25, 0.3) is 0 Å². The number of anilines is 1. The highest BCUT2D eigenvalue weighted by Crippen LogP contribution is 2.26. The third-order valence-corrected chi connectivity index (χ3v) is 5.88. The second kappa shape index (κ2) is 8.10. The highest BCUT2D eigenvalue weighted by Gasteiger charge is 2.22. The summed E-state index contributed by atoms with van der Waals surface area (Å²) in [7, 11) is -3.80. The summed E-state index contributed by atoms with van der Waals surface area (Å²) in [6.45, 7) is 6.03. The zero-order chi connectivity index (χ0) is 19.4. The Bertz CT molecular complexity index is 919. The SMILES string of the molecule is CC(C)c1ccccc1NS(=O)(=O)c1cccc(C(=O)N2CCOCC2)c1. The van der Waals surface area contributed by atoms with Gasteiger partial charge < -0.3 is 9.64 Å². The minimum atomic E-state index is -3.80. The molecule has 2 aromatic rings. The third-order valence-electron chi connectivity index (χ3n) is 4.52. The number of amides is 1. The van der Waals surface area contributed by atoms with Crippen LogP contribution in [0.2, 0.25) is 0 Å². The van der Waals surface area contributed by atoms with Gasteiger partial charge in [-0.1, -0.05) is 38.1 Å². The van der Waals surface area contributed by atoms with Crippen molar-refractivity contribution in [2.24, 2.45) is 0 Å². The minimum Gasteiger partial charge on any atom is -0.378 e. The molecular weight excluding hydrogens is 364 g/mol. The summed E-state index contributed by atoms with van der Waals surface area (Å²) in [5.41, 5.74) is 1.83. The fourth-order valence-electron chi connectivity index (χ4n) is 3.04. The number of para-hydroxylation sites is 1. The lowest BCUT2D eigenvalue weighted by atomic mass is 10.0. The van der Waals surface area contributed by atoms with Gasteiger partial charge in [-0.05, 0) is 35.7 Å². The lowest BCUT2D eigenvalue weighted by Gasteiger charge is -2.27. The van der Waals surface area contributed by atoms with Gasteiger partial charge in [0.05, 0.1) is 23.8 Å². The van der Waals surface area contributed by atoms with Gasteiger partial charge in [-0.2, -0.15) is 0 Å². The fourth-order valence-corrected chi connectivity index (χ4v) is 4.18. The van der Waals surface area contributed by atoms with Gasteiger partial charge in [-0.3, -0.25) is 9.52 Å². The summed E-state index contributed by atoms with van der Waals surface area (Å²) in [5.74, 6) is -0.00365. The number of ether oxygens (including phenoxy) is 1. The van der Waals surface area contributed by atoms with Gasteiger partial charge >= 0.3 is 0 Å². The number of carbonyl (C=O) groups is 1. The summed E-state index contributed by atoms with van der Waals surface area (Å²) < 4.78 is 33.7. The van der Waals surface area contributed by atoms with E-state index in [1.165, 1.54) is 12.1 Å². The van der Waals surface area contributed by atoms with E-state index in [-0.39, 0.29) is 16.7 Å². The lowest BCUT2D eigenvalue weighted by Crippen LogP contribution is -2.40. The molecule has 27 heavy (non-hydrogen) atoms. The maximum Gasteiger partial charge on any atom is 0.261 e. The molecule has 3 rings (SSSR count). The quantitative estimate of drug-likeness (QED) is 0.854. The number of benzene rings is 2. The van der Waals surface area contributed by atoms with Gasteiger partial charge in [0.1, 0.15) is 0 Å². The van der Waals surface area contributed by atoms with E-state index in [9.17, 15) is 13.2 Å². The largest absolute Gasteiger partial charge is 0.378 e. The number of morpholine rings is 1. The van der Waals surface area contributed by atoms with Crippen molar-refractivity contribution in [3.8, 4) is 0 Å². The summed E-state index contributed by atoms with van der Waals surface area (Å²) in [6, 6.07) is 13.5. The number of nitrogens with one attached hydrogen (secondary N) is 1. The van der Waals surface area contributed by atoms with Crippen LogP contribution in [0.3, 0.4) is 0 Å². The molecule has 0 spiro atoms. The molecule has 1 N–H and O–H groups in total. The molecule has 0 radical (unpaired) electrons. The molecule has 0 saturated carbocycles. The van der Waals surface area contributed by atoms with Crippen LogP contribution in [0, 0.1) is 0 Å². The highest BCUT2D eigenvalue weighted by atomic mass is 32.2. The standard InChI is InChI=1S/C20H24N2O4S/c1-15(2)18-8-3-4-9-19(18)21-27(24,25)17-7-5-6-16(14-17)20(23)22-10-12-26-13-11-22/h3-9,14-15,21H,10-13H2,1-2H3. The first-order valence-corrected chi connectivity index (χ1v) is 10.5. The normalized spacial score (nSPS) is 15.0. The molecule has 0 atom stereocenters. The van der Waals surface area contributed by atoms with Gasteiger partial charge in [0.25, 0.3) is 15.9 Å². The van der Waals surface area contributed by atoms with Gasteiger partial charge in [-0.25, -0.2) is 8.42 Å². The molecule has 0 aliphatic carbocycles. The van der Waals surface area contributed by atoms with Crippen molar-refractivity contribution in [3.05, 3.63) is 59.7 Å². The Labute approximate surface area is 160 Å². The number of carbonyl (C=O) groups excluding carboxylic acids is 1. The average molecular weight is 388 g/mol. The Morgan fingerprint density at radius 1 is 1.07 bits per heavy atom. The van der Waals surface area contributed by atoms with Crippen molar-refractivity contribution < 1.29 is 17.9 Å². The zero-order valence-corrected chi connectivity index (χ0v) is 16.3. The van der Waals surface area contributed by atoms with Crippen molar-refractivity contribution in [1.29, 1.82) is 0 Å². The third kappa shape index (κ3) is 4.48. The first-order chi connectivity index (χ1) is 12.9. The summed E-state index contributed by atoms with van der Waals surface area (Å²) in [4.78, 5) is 14.4. The molecule has 1 aliphatic heterocycles. The molecule has 0 bridgehead atoms. The lowest BCUT2D eigenvalue weighted by molar-refractivity contribution is 0.0302. The molecule has 1 fully saturated rings. The highest BCUT2D eigenvalue weighted by molar-refractivity contribution is 7.92. The molecule has 144 valence electrons. The van der Waals surface area contributed by atoms with E-state index in [4.69, 9.17) is 4.74 Å². The van der Waals surface area contributed by atoms with Crippen molar-refractivity contribution >= 4 is 21.6 Å². The van der Waals surface area contributed by atoms with Gasteiger partial charge in [-0.15, -0.1) is 0 Å². The van der Waals surface area contributed by atoms with E-state index in [2.05, 4.69) is 4.72 Å². The summed E-state index contributed by atoms with van der Waals surface area (Å²) in [6.07, 6.45) is 0. The van der Waals surface area contributed by atoms with Crippen LogP contribution >= 0.6 is 0 Å². The minimum absolute atomic E-state index is 0.0696. The molecule has 1 heterocycles. The van der Waals surface area contributed by atoms with Crippen molar-refractivity contribution in [1.82, 2.24) is 4.90 Å². The van der Waals surface area contributed by atoms with Gasteiger partial charge in [0, 0.05) is 18.7 Å². The van der Waals surface area contributed by atoms with E-state index in [1.807, 2.05) is 26.0 Å². The molecule has 2 aromatic carbocycles. The van der Waals surface area contributed by atoms with Gasteiger partial charge in [0.15, 0.2) is 0 Å². The summed E-state index contributed by atoms with van der Waals surface area (Å²) in [5, 5.41) is 0. The van der Waals surface area contributed by atoms with Crippen LogP contribution in [-0.4, -0.2) is 45.5 Å². The van der Waals surface area contributed by atoms with E-state index in [1.54, 1.807) is 29.2 Å². The second-order valence-electron chi connectivity index (χ2n) is 6.78. The maximum absolute atomic E-state index is 12.9. The Morgan fingerprint density at radius 3 is 2.48 bits per heavy atom. The van der Waals surface area contributed by atoms with Crippen LogP contribution < -0.4 is 4.72 Å². The van der Waals surface area contributed by atoms with Gasteiger partial charge in [0.2, 0.25) is 0 Å². The van der Waals surface area contributed by atoms with E-state index < -0.39 is 10.0 Å². The van der Waals surface area contributed by atoms with Crippen LogP contribution in [0.15, 0.2) is 53.4 Å². The summed E-state index contributed by atoms with van der Waals surface area (Å²) >= 11 is 0. The number of hydrogen-bond donors (Lipinski definition) is 1. The first-order valence-electron chi connectivity index (χ1n) is 8.97. The van der Waals surface area contributed by atoms with Crippen molar-refractivity contribution in [3.63, 3.8) is 0 Å². The first kappa shape index (κ1) is 19.4. The van der Waals surface area contributed by atoms with E-state index in [0.29, 0.717) is 37.6 Å². The van der Waals surface area contributed by atoms with Crippen LogP contribution in [-0.2, 0) is 14.8 Å². The molecule has 1 saturated heterocycles. The smallest absolute Gasteiger partial charge is 0.261 e. The Morgan fingerprint density at radius 2 is 1.78 bits per heavy atom. The monoisotopic (exact) mass is 388 g/mol. The number of hydrogen-bond acceptors (Lipinski definition) is 4.